The molecule has 2 aliphatic rings. The van der Waals surface area contributed by atoms with E-state index < -0.39 is 11.7 Å². The van der Waals surface area contributed by atoms with Crippen LogP contribution in [0.1, 0.15) is 21.7 Å². The lowest BCUT2D eigenvalue weighted by Gasteiger charge is -2.21. The third-order valence-electron chi connectivity index (χ3n) is 5.08. The maximum Gasteiger partial charge on any atom is 0.419 e. The highest BCUT2D eigenvalue weighted by atomic mass is 19.4. The van der Waals surface area contributed by atoms with Crippen molar-refractivity contribution >= 4 is 11.9 Å². The zero-order valence-electron chi connectivity index (χ0n) is 14.0. The van der Waals surface area contributed by atoms with Crippen LogP contribution in [0.5, 0.6) is 0 Å². The third-order valence-corrected chi connectivity index (χ3v) is 5.08. The van der Waals surface area contributed by atoms with Crippen molar-refractivity contribution < 1.29 is 22.4 Å². The topological polar surface area (TPSA) is 62.5 Å². The molecule has 4 rings (SSSR count). The van der Waals surface area contributed by atoms with Crippen LogP contribution < -0.4 is 4.90 Å². The minimum Gasteiger partial charge on any atom is -0.459 e. The molecule has 0 spiro atoms. The molecule has 2 atom stereocenters. The fraction of sp³-hybridized carbons (Fsp3) is 0.471. The molecule has 2 unspecified atom stereocenters. The molecule has 0 N–H and O–H groups in total. The van der Waals surface area contributed by atoms with Crippen molar-refractivity contribution in [2.75, 3.05) is 31.1 Å². The molecule has 0 aromatic carbocycles. The zero-order chi connectivity index (χ0) is 18.5. The molecule has 0 radical (unpaired) electrons. The predicted molar refractivity (Wildman–Crippen MR) is 85.6 cm³/mol. The minimum atomic E-state index is -4.44. The summed E-state index contributed by atoms with van der Waals surface area (Å²) >= 11 is 0. The lowest BCUT2D eigenvalue weighted by molar-refractivity contribution is -0.138. The van der Waals surface area contributed by atoms with E-state index in [1.807, 2.05) is 11.8 Å². The Morgan fingerprint density at radius 1 is 1.15 bits per heavy atom. The molecule has 0 saturated carbocycles. The highest BCUT2D eigenvalue weighted by Gasteiger charge is 2.43. The normalized spacial score (nSPS) is 22.8. The molecular formula is C17H17F3N4O2. The highest BCUT2D eigenvalue weighted by Crippen LogP contribution is 2.34. The number of nitrogens with zero attached hydrogens (tertiary/aromatic N) is 4. The number of fused-ring (bicyclic) bond motifs is 1. The Labute approximate surface area is 147 Å². The summed E-state index contributed by atoms with van der Waals surface area (Å²) in [5, 5.41) is 0. The molecular weight excluding hydrogens is 349 g/mol. The smallest absolute Gasteiger partial charge is 0.419 e. The number of aryl methyl sites for hydroxylation is 1. The highest BCUT2D eigenvalue weighted by molar-refractivity contribution is 5.93. The van der Waals surface area contributed by atoms with Crippen LogP contribution in [0, 0.1) is 18.8 Å². The number of hydrogen-bond acceptors (Lipinski definition) is 5. The first-order valence-corrected chi connectivity index (χ1v) is 8.30. The van der Waals surface area contributed by atoms with Gasteiger partial charge in [-0.25, -0.2) is 9.97 Å². The van der Waals surface area contributed by atoms with Crippen LogP contribution in [-0.2, 0) is 6.18 Å². The van der Waals surface area contributed by atoms with Gasteiger partial charge >= 0.3 is 6.18 Å². The SMILES string of the molecule is Cc1ccoc1C(=O)N1CC2CN(c3ncc(C(F)(F)F)cn3)CC2C1. The van der Waals surface area contributed by atoms with Gasteiger partial charge in [-0.1, -0.05) is 0 Å². The molecule has 2 aromatic rings. The van der Waals surface area contributed by atoms with Crippen LogP contribution in [0.25, 0.3) is 0 Å². The average molecular weight is 366 g/mol. The molecule has 26 heavy (non-hydrogen) atoms. The molecule has 9 heteroatoms. The number of halogens is 3. The Hall–Kier alpha value is -2.58. The monoisotopic (exact) mass is 366 g/mol. The first kappa shape index (κ1) is 16.9. The van der Waals surface area contributed by atoms with Gasteiger partial charge in [-0.3, -0.25) is 4.79 Å². The van der Waals surface area contributed by atoms with E-state index in [-0.39, 0.29) is 17.7 Å². The van der Waals surface area contributed by atoms with Crippen molar-refractivity contribution in [1.82, 2.24) is 14.9 Å². The second kappa shape index (κ2) is 6.00. The van der Waals surface area contributed by atoms with Gasteiger partial charge in [0.05, 0.1) is 11.8 Å². The van der Waals surface area contributed by atoms with Crippen LogP contribution in [0.15, 0.2) is 29.1 Å². The van der Waals surface area contributed by atoms with Gasteiger partial charge < -0.3 is 14.2 Å². The number of anilines is 1. The van der Waals surface area contributed by atoms with Gasteiger partial charge in [-0.2, -0.15) is 13.2 Å². The average Bonchev–Trinajstić information content (AvgIpc) is 3.27. The van der Waals surface area contributed by atoms with Crippen LogP contribution in [-0.4, -0.2) is 47.0 Å². The summed E-state index contributed by atoms with van der Waals surface area (Å²) in [4.78, 5) is 23.9. The molecule has 0 bridgehead atoms. The van der Waals surface area contributed by atoms with Gasteiger partial charge in [-0.15, -0.1) is 0 Å². The van der Waals surface area contributed by atoms with Crippen LogP contribution in [0.3, 0.4) is 0 Å². The Kier molecular flexibility index (Phi) is 3.89. The molecule has 4 heterocycles. The predicted octanol–water partition coefficient (Wildman–Crippen LogP) is 2.61. The van der Waals surface area contributed by atoms with Crippen LogP contribution in [0.2, 0.25) is 0 Å². The molecule has 2 saturated heterocycles. The van der Waals surface area contributed by atoms with Crippen molar-refractivity contribution in [1.29, 1.82) is 0 Å². The molecule has 2 aliphatic heterocycles. The minimum absolute atomic E-state index is 0.112. The number of carbonyl (C=O) groups is 1. The quantitative estimate of drug-likeness (QED) is 0.818. The van der Waals surface area contributed by atoms with Gasteiger partial charge in [0.25, 0.3) is 5.91 Å². The standard InChI is InChI=1S/C17H17F3N4O2/c1-10-2-3-26-14(10)15(25)23-6-11-8-24(9-12(11)7-23)16-21-4-13(5-22-16)17(18,19)20/h2-5,11-12H,6-9H2,1H3. The fourth-order valence-corrected chi connectivity index (χ4v) is 3.69. The molecule has 2 aromatic heterocycles. The third kappa shape index (κ3) is 2.91. The Bertz CT molecular complexity index is 804. The lowest BCUT2D eigenvalue weighted by Crippen LogP contribution is -2.33. The Morgan fingerprint density at radius 3 is 2.27 bits per heavy atom. The Morgan fingerprint density at radius 2 is 1.77 bits per heavy atom. The summed E-state index contributed by atoms with van der Waals surface area (Å²) in [7, 11) is 0. The molecule has 138 valence electrons. The Balaban J connectivity index is 1.41. The fourth-order valence-electron chi connectivity index (χ4n) is 3.69. The summed E-state index contributed by atoms with van der Waals surface area (Å²) in [6.45, 7) is 4.27. The summed E-state index contributed by atoms with van der Waals surface area (Å²) in [5.74, 6) is 1.06. The van der Waals surface area contributed by atoms with E-state index in [2.05, 4.69) is 9.97 Å². The molecule has 6 nitrogen and oxygen atoms in total. The second-order valence-corrected chi connectivity index (χ2v) is 6.84. The van der Waals surface area contributed by atoms with E-state index in [4.69, 9.17) is 4.42 Å². The number of rotatable bonds is 2. The van der Waals surface area contributed by atoms with Gasteiger partial charge in [0, 0.05) is 56.0 Å². The van der Waals surface area contributed by atoms with Crippen molar-refractivity contribution in [3.8, 4) is 0 Å². The lowest BCUT2D eigenvalue weighted by atomic mass is 10.0. The van der Waals surface area contributed by atoms with Crippen molar-refractivity contribution in [2.45, 2.75) is 13.1 Å². The van der Waals surface area contributed by atoms with E-state index in [1.165, 1.54) is 6.26 Å². The van der Waals surface area contributed by atoms with Crippen molar-refractivity contribution in [3.63, 3.8) is 0 Å². The first-order chi connectivity index (χ1) is 12.3. The largest absolute Gasteiger partial charge is 0.459 e. The van der Waals surface area contributed by atoms with Crippen LogP contribution >= 0.6 is 0 Å². The maximum absolute atomic E-state index is 12.6. The van der Waals surface area contributed by atoms with E-state index in [0.717, 1.165) is 18.0 Å². The van der Waals surface area contributed by atoms with E-state index in [1.54, 1.807) is 11.0 Å². The second-order valence-electron chi connectivity index (χ2n) is 6.84. The van der Waals surface area contributed by atoms with E-state index in [0.29, 0.717) is 37.9 Å². The number of hydrogen-bond donors (Lipinski definition) is 0. The molecule has 0 aliphatic carbocycles. The number of alkyl halides is 3. The van der Waals surface area contributed by atoms with Gasteiger partial charge in [0.15, 0.2) is 5.76 Å². The van der Waals surface area contributed by atoms with Gasteiger partial charge in [0.1, 0.15) is 0 Å². The zero-order valence-corrected chi connectivity index (χ0v) is 14.0. The maximum atomic E-state index is 12.6. The number of furan rings is 1. The van der Waals surface area contributed by atoms with Gasteiger partial charge in [-0.05, 0) is 13.0 Å². The number of aromatic nitrogens is 2. The van der Waals surface area contributed by atoms with Gasteiger partial charge in [0.2, 0.25) is 5.95 Å². The van der Waals surface area contributed by atoms with Crippen molar-refractivity contribution in [2.24, 2.45) is 11.8 Å². The summed E-state index contributed by atoms with van der Waals surface area (Å²) in [6.07, 6.45) is -1.31. The van der Waals surface area contributed by atoms with Crippen molar-refractivity contribution in [3.05, 3.63) is 41.6 Å². The van der Waals surface area contributed by atoms with E-state index >= 15 is 0 Å². The van der Waals surface area contributed by atoms with Crippen LogP contribution in [0.4, 0.5) is 19.1 Å². The summed E-state index contributed by atoms with van der Waals surface area (Å²) < 4.78 is 43.1. The number of likely N-dealkylation sites (tertiary alicyclic amines) is 1. The summed E-state index contributed by atoms with van der Waals surface area (Å²) in [5.41, 5.74) is -0.0435. The molecule has 1 amide bonds. The van der Waals surface area contributed by atoms with E-state index in [9.17, 15) is 18.0 Å². The number of carbonyl (C=O) groups excluding carboxylic acids is 1. The first-order valence-electron chi connectivity index (χ1n) is 8.30. The molecule has 2 fully saturated rings. The summed E-state index contributed by atoms with van der Waals surface area (Å²) in [6, 6.07) is 1.76. The number of amides is 1.